The highest BCUT2D eigenvalue weighted by Crippen LogP contribution is 2.16. The number of rotatable bonds is 6. The maximum atomic E-state index is 12.5. The molecule has 0 aromatic heterocycles. The van der Waals surface area contributed by atoms with Crippen molar-refractivity contribution in [3.05, 3.63) is 65.2 Å². The van der Waals surface area contributed by atoms with Gasteiger partial charge in [-0.2, -0.15) is 0 Å². The topological polar surface area (TPSA) is 61.4 Å². The second kappa shape index (κ2) is 9.33. The van der Waals surface area contributed by atoms with Crippen LogP contribution in [0.4, 0.5) is 5.69 Å². The standard InChI is InChI=1S/C22H27N3O2/c1-17(26)24-21-11-7-10-18(14-21)22(27)23-15-19-8-3-4-9-20(19)16-25-12-5-2-6-13-25/h3-4,7-11,14H,2,5-6,12-13,15-16H2,1H3,(H,23,27)(H,24,26). The van der Waals surface area contributed by atoms with Crippen LogP contribution in [0.1, 0.15) is 47.7 Å². The van der Waals surface area contributed by atoms with E-state index in [1.54, 1.807) is 24.3 Å². The summed E-state index contributed by atoms with van der Waals surface area (Å²) in [6.45, 7) is 5.18. The Bertz CT molecular complexity index is 798. The van der Waals surface area contributed by atoms with E-state index in [-0.39, 0.29) is 11.8 Å². The van der Waals surface area contributed by atoms with E-state index in [0.29, 0.717) is 17.8 Å². The Hall–Kier alpha value is -2.66. The van der Waals surface area contributed by atoms with Gasteiger partial charge >= 0.3 is 0 Å². The van der Waals surface area contributed by atoms with Crippen LogP contribution in [0.15, 0.2) is 48.5 Å². The van der Waals surface area contributed by atoms with Crippen LogP contribution in [0, 0.1) is 0 Å². The second-order valence-electron chi connectivity index (χ2n) is 7.05. The first kappa shape index (κ1) is 19.1. The van der Waals surface area contributed by atoms with Gasteiger partial charge in [0.2, 0.25) is 5.91 Å². The van der Waals surface area contributed by atoms with E-state index in [1.165, 1.54) is 31.7 Å². The van der Waals surface area contributed by atoms with Crippen molar-refractivity contribution in [3.63, 3.8) is 0 Å². The quantitative estimate of drug-likeness (QED) is 0.823. The minimum atomic E-state index is -0.154. The van der Waals surface area contributed by atoms with E-state index in [4.69, 9.17) is 0 Å². The van der Waals surface area contributed by atoms with Gasteiger partial charge in [-0.25, -0.2) is 0 Å². The number of amides is 2. The number of anilines is 1. The molecule has 0 spiro atoms. The minimum absolute atomic E-state index is 0.144. The fourth-order valence-corrected chi connectivity index (χ4v) is 3.46. The van der Waals surface area contributed by atoms with Crippen LogP contribution in [0.5, 0.6) is 0 Å². The monoisotopic (exact) mass is 365 g/mol. The average Bonchev–Trinajstić information content (AvgIpc) is 2.67. The fourth-order valence-electron chi connectivity index (χ4n) is 3.46. The summed E-state index contributed by atoms with van der Waals surface area (Å²) in [7, 11) is 0. The third-order valence-electron chi connectivity index (χ3n) is 4.85. The summed E-state index contributed by atoms with van der Waals surface area (Å²) in [4.78, 5) is 26.2. The van der Waals surface area contributed by atoms with Crippen molar-refractivity contribution in [2.45, 2.75) is 39.3 Å². The Morgan fingerprint density at radius 2 is 1.70 bits per heavy atom. The van der Waals surface area contributed by atoms with Crippen LogP contribution in [-0.4, -0.2) is 29.8 Å². The first-order chi connectivity index (χ1) is 13.1. The van der Waals surface area contributed by atoms with Gasteiger partial charge in [-0.05, 0) is 55.3 Å². The first-order valence-corrected chi connectivity index (χ1v) is 9.57. The molecule has 0 radical (unpaired) electrons. The molecule has 2 N–H and O–H groups in total. The fraction of sp³-hybridized carbons (Fsp3) is 0.364. The molecular weight excluding hydrogens is 338 g/mol. The van der Waals surface area contributed by atoms with Gasteiger partial charge in [0.25, 0.3) is 5.91 Å². The third kappa shape index (κ3) is 5.66. The molecule has 0 saturated carbocycles. The molecule has 5 nitrogen and oxygen atoms in total. The molecule has 1 heterocycles. The average molecular weight is 365 g/mol. The van der Waals surface area contributed by atoms with E-state index in [2.05, 4.69) is 33.7 Å². The lowest BCUT2D eigenvalue weighted by Crippen LogP contribution is -2.30. The van der Waals surface area contributed by atoms with E-state index in [0.717, 1.165) is 25.2 Å². The molecule has 0 aliphatic carbocycles. The molecule has 0 unspecified atom stereocenters. The zero-order valence-corrected chi connectivity index (χ0v) is 15.8. The van der Waals surface area contributed by atoms with Gasteiger partial charge in [0, 0.05) is 31.3 Å². The number of carbonyl (C=O) groups excluding carboxylic acids is 2. The molecule has 2 amide bonds. The predicted molar refractivity (Wildman–Crippen MR) is 107 cm³/mol. The highest BCUT2D eigenvalue weighted by molar-refractivity contribution is 5.96. The van der Waals surface area contributed by atoms with Crippen LogP contribution in [0.3, 0.4) is 0 Å². The van der Waals surface area contributed by atoms with Gasteiger partial charge in [0.05, 0.1) is 0 Å². The maximum absolute atomic E-state index is 12.5. The Kier molecular flexibility index (Phi) is 6.60. The molecule has 2 aromatic carbocycles. The number of carbonyl (C=O) groups is 2. The molecule has 1 saturated heterocycles. The molecule has 3 rings (SSSR count). The van der Waals surface area contributed by atoms with Crippen molar-refractivity contribution < 1.29 is 9.59 Å². The lowest BCUT2D eigenvalue weighted by atomic mass is 10.0. The highest BCUT2D eigenvalue weighted by Gasteiger charge is 2.13. The van der Waals surface area contributed by atoms with Crippen LogP contribution in [0.25, 0.3) is 0 Å². The van der Waals surface area contributed by atoms with Gasteiger partial charge in [-0.15, -0.1) is 0 Å². The van der Waals surface area contributed by atoms with Crippen LogP contribution in [0.2, 0.25) is 0 Å². The van der Waals surface area contributed by atoms with Crippen molar-refractivity contribution in [2.24, 2.45) is 0 Å². The van der Waals surface area contributed by atoms with Gasteiger partial charge in [0.15, 0.2) is 0 Å². The molecule has 1 fully saturated rings. The van der Waals surface area contributed by atoms with Crippen molar-refractivity contribution in [1.82, 2.24) is 10.2 Å². The van der Waals surface area contributed by atoms with Crippen LogP contribution < -0.4 is 10.6 Å². The van der Waals surface area contributed by atoms with E-state index < -0.39 is 0 Å². The maximum Gasteiger partial charge on any atom is 0.251 e. The number of benzene rings is 2. The van der Waals surface area contributed by atoms with Gasteiger partial charge in [0.1, 0.15) is 0 Å². The molecule has 1 aliphatic heterocycles. The number of hydrogen-bond acceptors (Lipinski definition) is 3. The molecule has 2 aromatic rings. The van der Waals surface area contributed by atoms with Crippen molar-refractivity contribution in [2.75, 3.05) is 18.4 Å². The summed E-state index contributed by atoms with van der Waals surface area (Å²) in [6.07, 6.45) is 3.86. The summed E-state index contributed by atoms with van der Waals surface area (Å²) in [6, 6.07) is 15.3. The number of hydrogen-bond donors (Lipinski definition) is 2. The Morgan fingerprint density at radius 1 is 0.963 bits per heavy atom. The largest absolute Gasteiger partial charge is 0.348 e. The van der Waals surface area contributed by atoms with Crippen LogP contribution in [-0.2, 0) is 17.9 Å². The molecule has 142 valence electrons. The smallest absolute Gasteiger partial charge is 0.251 e. The van der Waals surface area contributed by atoms with Crippen LogP contribution >= 0.6 is 0 Å². The minimum Gasteiger partial charge on any atom is -0.348 e. The molecule has 0 atom stereocenters. The molecule has 1 aliphatic rings. The summed E-state index contributed by atoms with van der Waals surface area (Å²) in [5.74, 6) is -0.297. The molecular formula is C22H27N3O2. The lowest BCUT2D eigenvalue weighted by molar-refractivity contribution is -0.114. The van der Waals surface area contributed by atoms with Crippen molar-refractivity contribution in [1.29, 1.82) is 0 Å². The molecule has 0 bridgehead atoms. The number of piperidine rings is 1. The SMILES string of the molecule is CC(=O)Nc1cccc(C(=O)NCc2ccccc2CN2CCCCC2)c1. The third-order valence-corrected chi connectivity index (χ3v) is 4.85. The van der Waals surface area contributed by atoms with E-state index >= 15 is 0 Å². The zero-order valence-electron chi connectivity index (χ0n) is 15.8. The van der Waals surface area contributed by atoms with Crippen molar-refractivity contribution >= 4 is 17.5 Å². The highest BCUT2D eigenvalue weighted by atomic mass is 16.2. The molecule has 5 heteroatoms. The zero-order chi connectivity index (χ0) is 19.1. The Labute approximate surface area is 160 Å². The van der Waals surface area contributed by atoms with Gasteiger partial charge < -0.3 is 10.6 Å². The summed E-state index contributed by atoms with van der Waals surface area (Å²) in [5.41, 5.74) is 3.58. The van der Waals surface area contributed by atoms with Crippen molar-refractivity contribution in [3.8, 4) is 0 Å². The summed E-state index contributed by atoms with van der Waals surface area (Å²) >= 11 is 0. The number of likely N-dealkylation sites (tertiary alicyclic amines) is 1. The number of nitrogens with zero attached hydrogens (tertiary/aromatic N) is 1. The first-order valence-electron chi connectivity index (χ1n) is 9.57. The second-order valence-corrected chi connectivity index (χ2v) is 7.05. The van der Waals surface area contributed by atoms with E-state index in [9.17, 15) is 9.59 Å². The predicted octanol–water partition coefficient (Wildman–Crippen LogP) is 3.56. The Morgan fingerprint density at radius 3 is 2.44 bits per heavy atom. The lowest BCUT2D eigenvalue weighted by Gasteiger charge is -2.27. The Balaban J connectivity index is 1.62. The van der Waals surface area contributed by atoms with Gasteiger partial charge in [-0.3, -0.25) is 14.5 Å². The molecule has 27 heavy (non-hydrogen) atoms. The van der Waals surface area contributed by atoms with Gasteiger partial charge in [-0.1, -0.05) is 36.8 Å². The summed E-state index contributed by atoms with van der Waals surface area (Å²) < 4.78 is 0. The van der Waals surface area contributed by atoms with E-state index in [1.807, 2.05) is 6.07 Å². The number of nitrogens with one attached hydrogen (secondary N) is 2. The normalized spacial score (nSPS) is 14.6. The summed E-state index contributed by atoms with van der Waals surface area (Å²) in [5, 5.41) is 5.71.